The van der Waals surface area contributed by atoms with E-state index < -0.39 is 0 Å². The van der Waals surface area contributed by atoms with Crippen molar-refractivity contribution in [2.24, 2.45) is 0 Å². The fourth-order valence-electron chi connectivity index (χ4n) is 3.92. The van der Waals surface area contributed by atoms with Gasteiger partial charge in [0.1, 0.15) is 5.69 Å². The van der Waals surface area contributed by atoms with E-state index in [9.17, 15) is 4.79 Å². The molecule has 164 valence electrons. The van der Waals surface area contributed by atoms with Crippen LogP contribution in [0, 0.1) is 6.92 Å². The van der Waals surface area contributed by atoms with Gasteiger partial charge in [-0.2, -0.15) is 0 Å². The Bertz CT molecular complexity index is 1040. The van der Waals surface area contributed by atoms with Gasteiger partial charge in [-0.3, -0.25) is 9.78 Å². The van der Waals surface area contributed by atoms with Crippen LogP contribution in [0.1, 0.15) is 50.5 Å². The Kier molecular flexibility index (Phi) is 6.36. The molecule has 1 aliphatic rings. The first kappa shape index (κ1) is 21.1. The van der Waals surface area contributed by atoms with Gasteiger partial charge < -0.3 is 14.6 Å². The number of nitrogens with zero attached hydrogens (tertiary/aromatic N) is 5. The number of benzene rings is 1. The smallest absolute Gasteiger partial charge is 0.268 e. The van der Waals surface area contributed by atoms with Crippen molar-refractivity contribution >= 4 is 5.91 Å². The lowest BCUT2D eigenvalue weighted by molar-refractivity contribution is -0.131. The van der Waals surface area contributed by atoms with Crippen LogP contribution in [0.25, 0.3) is 23.0 Å². The van der Waals surface area contributed by atoms with Crippen LogP contribution in [0.2, 0.25) is 0 Å². The van der Waals surface area contributed by atoms with Crippen molar-refractivity contribution in [3.05, 3.63) is 47.4 Å². The molecule has 8 heteroatoms. The number of carbonyl (C=O) groups excluding carboxylic acids is 1. The second-order valence-electron chi connectivity index (χ2n) is 7.88. The zero-order chi connectivity index (χ0) is 21.8. The Balaban J connectivity index is 0.00000289. The summed E-state index contributed by atoms with van der Waals surface area (Å²) in [6.45, 7) is 6.13. The minimum absolute atomic E-state index is 0. The zero-order valence-electron chi connectivity index (χ0n) is 18.3. The van der Waals surface area contributed by atoms with Gasteiger partial charge in [0.2, 0.25) is 11.8 Å². The third kappa shape index (κ3) is 4.64. The van der Waals surface area contributed by atoms with E-state index >= 15 is 0 Å². The number of aromatic nitrogens is 4. The highest BCUT2D eigenvalue weighted by Crippen LogP contribution is 2.30. The SMILES string of the molecule is CCC(=O)N1CCC(c2cnc(C)c(-c3nnc(-c4ccc(CNC)cc4)o3)n2)CC1.[HH]. The first-order valence-electron chi connectivity index (χ1n) is 10.8. The van der Waals surface area contributed by atoms with Crippen LogP contribution in [0.5, 0.6) is 0 Å². The fourth-order valence-corrected chi connectivity index (χ4v) is 3.92. The molecule has 3 heterocycles. The van der Waals surface area contributed by atoms with E-state index in [0.717, 1.165) is 49.4 Å². The molecule has 4 rings (SSSR count). The molecule has 1 amide bonds. The van der Waals surface area contributed by atoms with Gasteiger partial charge in [-0.1, -0.05) is 19.1 Å². The first-order chi connectivity index (χ1) is 15.1. The lowest BCUT2D eigenvalue weighted by Gasteiger charge is -2.31. The van der Waals surface area contributed by atoms with E-state index in [-0.39, 0.29) is 13.3 Å². The van der Waals surface area contributed by atoms with Crippen LogP contribution >= 0.6 is 0 Å². The summed E-state index contributed by atoms with van der Waals surface area (Å²) in [6.07, 6.45) is 4.16. The van der Waals surface area contributed by atoms with E-state index in [2.05, 4.69) is 20.5 Å². The summed E-state index contributed by atoms with van der Waals surface area (Å²) < 4.78 is 5.95. The van der Waals surface area contributed by atoms with Gasteiger partial charge in [-0.15, -0.1) is 10.2 Å². The van der Waals surface area contributed by atoms with E-state index in [4.69, 9.17) is 9.40 Å². The third-order valence-electron chi connectivity index (χ3n) is 5.75. The molecule has 0 atom stereocenters. The van der Waals surface area contributed by atoms with Crippen molar-refractivity contribution in [3.63, 3.8) is 0 Å². The van der Waals surface area contributed by atoms with Gasteiger partial charge in [0, 0.05) is 45.2 Å². The lowest BCUT2D eigenvalue weighted by Crippen LogP contribution is -2.37. The number of hydrogen-bond donors (Lipinski definition) is 1. The number of likely N-dealkylation sites (tertiary alicyclic amines) is 1. The van der Waals surface area contributed by atoms with Crippen molar-refractivity contribution in [1.82, 2.24) is 30.4 Å². The largest absolute Gasteiger partial charge is 0.415 e. The third-order valence-corrected chi connectivity index (χ3v) is 5.75. The normalized spacial score (nSPS) is 14.7. The first-order valence-corrected chi connectivity index (χ1v) is 10.8. The molecule has 3 aromatic rings. The predicted octanol–water partition coefficient (Wildman–Crippen LogP) is 3.58. The van der Waals surface area contributed by atoms with Gasteiger partial charge in [0.25, 0.3) is 5.89 Å². The fraction of sp³-hybridized carbons (Fsp3) is 0.435. The second kappa shape index (κ2) is 9.34. The maximum absolute atomic E-state index is 11.9. The van der Waals surface area contributed by atoms with Crippen molar-refractivity contribution < 1.29 is 10.6 Å². The van der Waals surface area contributed by atoms with E-state index in [1.807, 2.05) is 56.3 Å². The Labute approximate surface area is 183 Å². The van der Waals surface area contributed by atoms with E-state index in [0.29, 0.717) is 23.9 Å². The maximum atomic E-state index is 11.9. The quantitative estimate of drug-likeness (QED) is 0.648. The number of amides is 1. The molecule has 0 aliphatic carbocycles. The van der Waals surface area contributed by atoms with Crippen LogP contribution in [-0.2, 0) is 11.3 Å². The van der Waals surface area contributed by atoms with Crippen molar-refractivity contribution in [1.29, 1.82) is 0 Å². The monoisotopic (exact) mass is 422 g/mol. The molecule has 0 unspecified atom stereocenters. The minimum atomic E-state index is 0. The van der Waals surface area contributed by atoms with Crippen molar-refractivity contribution in [2.45, 2.75) is 45.6 Å². The molecule has 2 aromatic heterocycles. The predicted molar refractivity (Wildman–Crippen MR) is 119 cm³/mol. The number of carbonyl (C=O) groups is 1. The Hall–Kier alpha value is -3.13. The average Bonchev–Trinajstić information content (AvgIpc) is 3.30. The summed E-state index contributed by atoms with van der Waals surface area (Å²) in [5.74, 6) is 1.32. The van der Waals surface area contributed by atoms with Gasteiger partial charge in [-0.25, -0.2) is 4.98 Å². The van der Waals surface area contributed by atoms with Gasteiger partial charge in [0.05, 0.1) is 11.4 Å². The molecular formula is C23H30N6O2. The van der Waals surface area contributed by atoms with E-state index in [1.54, 1.807) is 0 Å². The van der Waals surface area contributed by atoms with Crippen LogP contribution in [-0.4, -0.2) is 51.1 Å². The molecule has 1 saturated heterocycles. The lowest BCUT2D eigenvalue weighted by atomic mass is 9.93. The van der Waals surface area contributed by atoms with Crippen LogP contribution < -0.4 is 5.32 Å². The standard InChI is InChI=1S/C23H28N6O2.H2/c1-4-20(30)29-11-9-17(10-12-29)19-14-25-15(2)21(26-19)23-28-27-22(31-23)18-7-5-16(6-8-18)13-24-3;/h5-8,14,17,24H,4,9-13H2,1-3H3;1H. The summed E-state index contributed by atoms with van der Waals surface area (Å²) in [7, 11) is 1.92. The van der Waals surface area contributed by atoms with Gasteiger partial charge >= 0.3 is 0 Å². The molecule has 8 nitrogen and oxygen atoms in total. The summed E-state index contributed by atoms with van der Waals surface area (Å²) in [5, 5.41) is 11.6. The van der Waals surface area contributed by atoms with E-state index in [1.165, 1.54) is 5.56 Å². The highest BCUT2D eigenvalue weighted by Gasteiger charge is 2.25. The zero-order valence-corrected chi connectivity index (χ0v) is 18.3. The Morgan fingerprint density at radius 2 is 1.90 bits per heavy atom. The Morgan fingerprint density at radius 1 is 1.19 bits per heavy atom. The van der Waals surface area contributed by atoms with Crippen LogP contribution in [0.4, 0.5) is 0 Å². The highest BCUT2D eigenvalue weighted by atomic mass is 16.4. The highest BCUT2D eigenvalue weighted by molar-refractivity contribution is 5.75. The second-order valence-corrected chi connectivity index (χ2v) is 7.88. The molecule has 31 heavy (non-hydrogen) atoms. The number of piperidine rings is 1. The molecular weight excluding hydrogens is 392 g/mol. The number of aryl methyl sites for hydroxylation is 1. The van der Waals surface area contributed by atoms with Gasteiger partial charge in [0.15, 0.2) is 0 Å². The molecule has 1 N–H and O–H groups in total. The summed E-state index contributed by atoms with van der Waals surface area (Å²) in [6, 6.07) is 8.03. The van der Waals surface area contributed by atoms with Gasteiger partial charge in [-0.05, 0) is 44.5 Å². The molecule has 1 aromatic carbocycles. The van der Waals surface area contributed by atoms with Crippen LogP contribution in [0.15, 0.2) is 34.9 Å². The summed E-state index contributed by atoms with van der Waals surface area (Å²) >= 11 is 0. The number of rotatable bonds is 6. The van der Waals surface area contributed by atoms with Crippen molar-refractivity contribution in [3.8, 4) is 23.0 Å². The molecule has 1 fully saturated rings. The topological polar surface area (TPSA) is 97.0 Å². The Morgan fingerprint density at radius 3 is 2.58 bits per heavy atom. The number of nitrogens with one attached hydrogen (secondary N) is 1. The summed E-state index contributed by atoms with van der Waals surface area (Å²) in [5.41, 5.74) is 4.35. The maximum Gasteiger partial charge on any atom is 0.268 e. The summed E-state index contributed by atoms with van der Waals surface area (Å²) in [4.78, 5) is 23.2. The number of hydrogen-bond acceptors (Lipinski definition) is 7. The molecule has 0 bridgehead atoms. The average molecular weight is 423 g/mol. The molecule has 1 aliphatic heterocycles. The molecule has 0 saturated carbocycles. The molecule has 0 radical (unpaired) electrons. The van der Waals surface area contributed by atoms with Crippen molar-refractivity contribution in [2.75, 3.05) is 20.1 Å². The molecule has 0 spiro atoms. The minimum Gasteiger partial charge on any atom is -0.415 e. The van der Waals surface area contributed by atoms with Crippen LogP contribution in [0.3, 0.4) is 0 Å².